The molecule has 0 aromatic heterocycles. The summed E-state index contributed by atoms with van der Waals surface area (Å²) in [6.45, 7) is 3.92. The maximum Gasteiger partial charge on any atom is 0.286 e. The second-order valence-electron chi connectivity index (χ2n) is 4.64. The lowest BCUT2D eigenvalue weighted by molar-refractivity contribution is -0.137. The highest BCUT2D eigenvalue weighted by Gasteiger charge is 2.29. The zero-order valence-electron chi connectivity index (χ0n) is 9.45. The van der Waals surface area contributed by atoms with E-state index in [9.17, 15) is 9.59 Å². The van der Waals surface area contributed by atoms with Crippen LogP contribution in [0, 0.1) is 5.92 Å². The third kappa shape index (κ3) is 3.63. The van der Waals surface area contributed by atoms with E-state index in [1.807, 2.05) is 13.8 Å². The molecule has 0 aliphatic heterocycles. The van der Waals surface area contributed by atoms with Gasteiger partial charge in [-0.3, -0.25) is 9.59 Å². The smallest absolute Gasteiger partial charge is 0.286 e. The van der Waals surface area contributed by atoms with E-state index in [0.717, 1.165) is 6.42 Å². The molecule has 1 atom stereocenters. The van der Waals surface area contributed by atoms with E-state index >= 15 is 0 Å². The standard InChI is InChI=1S/C11H20N2O2/c1-7(2)13-9(10(14)11(12)15)6-8-4-3-5-8/h7-9,13H,3-6H2,1-2H3,(H2,12,15). The summed E-state index contributed by atoms with van der Waals surface area (Å²) >= 11 is 0. The number of nitrogens with two attached hydrogens (primary N) is 1. The van der Waals surface area contributed by atoms with Crippen molar-refractivity contribution in [2.24, 2.45) is 11.7 Å². The summed E-state index contributed by atoms with van der Waals surface area (Å²) < 4.78 is 0. The molecule has 1 rings (SSSR count). The fourth-order valence-corrected chi connectivity index (χ4v) is 1.89. The fraction of sp³-hybridized carbons (Fsp3) is 0.818. The van der Waals surface area contributed by atoms with E-state index in [-0.39, 0.29) is 12.1 Å². The minimum atomic E-state index is -0.826. The Bertz CT molecular complexity index is 247. The minimum Gasteiger partial charge on any atom is -0.363 e. The number of hydrogen-bond donors (Lipinski definition) is 2. The van der Waals surface area contributed by atoms with Crippen LogP contribution >= 0.6 is 0 Å². The summed E-state index contributed by atoms with van der Waals surface area (Å²) in [6.07, 6.45) is 4.33. The van der Waals surface area contributed by atoms with Crippen LogP contribution in [0.5, 0.6) is 0 Å². The molecule has 1 aliphatic carbocycles. The van der Waals surface area contributed by atoms with Gasteiger partial charge in [0.15, 0.2) is 0 Å². The van der Waals surface area contributed by atoms with E-state index < -0.39 is 11.7 Å². The number of primary amides is 1. The summed E-state index contributed by atoms with van der Waals surface area (Å²) in [7, 11) is 0. The molecule has 1 fully saturated rings. The molecule has 0 spiro atoms. The predicted molar refractivity (Wildman–Crippen MR) is 58.2 cm³/mol. The second kappa shape index (κ2) is 5.26. The Kier molecular flexibility index (Phi) is 4.27. The number of amides is 1. The number of carbonyl (C=O) groups excluding carboxylic acids is 2. The van der Waals surface area contributed by atoms with Crippen LogP contribution in [-0.4, -0.2) is 23.8 Å². The van der Waals surface area contributed by atoms with Gasteiger partial charge in [-0.2, -0.15) is 0 Å². The van der Waals surface area contributed by atoms with E-state index in [1.165, 1.54) is 19.3 Å². The lowest BCUT2D eigenvalue weighted by Gasteiger charge is -2.29. The fourth-order valence-electron chi connectivity index (χ4n) is 1.89. The van der Waals surface area contributed by atoms with Crippen LogP contribution < -0.4 is 11.1 Å². The topological polar surface area (TPSA) is 72.2 Å². The van der Waals surface area contributed by atoms with Crippen LogP contribution in [0.25, 0.3) is 0 Å². The molecule has 0 saturated heterocycles. The Labute approximate surface area is 90.6 Å². The van der Waals surface area contributed by atoms with Gasteiger partial charge in [-0.15, -0.1) is 0 Å². The molecule has 0 aromatic carbocycles. The maximum atomic E-state index is 11.5. The predicted octanol–water partition coefficient (Wildman–Crippen LogP) is 0.598. The van der Waals surface area contributed by atoms with Crippen LogP contribution in [0.1, 0.15) is 39.5 Å². The monoisotopic (exact) mass is 212 g/mol. The molecular formula is C11H20N2O2. The Morgan fingerprint density at radius 3 is 2.33 bits per heavy atom. The van der Waals surface area contributed by atoms with Gasteiger partial charge in [-0.1, -0.05) is 33.1 Å². The Hall–Kier alpha value is -0.900. The van der Waals surface area contributed by atoms with Gasteiger partial charge < -0.3 is 11.1 Å². The highest BCUT2D eigenvalue weighted by atomic mass is 16.2. The highest BCUT2D eigenvalue weighted by molar-refractivity contribution is 6.37. The van der Waals surface area contributed by atoms with Crippen molar-refractivity contribution in [2.45, 2.75) is 51.6 Å². The number of rotatable bonds is 6. The van der Waals surface area contributed by atoms with Crippen molar-refractivity contribution in [3.05, 3.63) is 0 Å². The summed E-state index contributed by atoms with van der Waals surface area (Å²) in [5, 5.41) is 3.11. The van der Waals surface area contributed by atoms with E-state index in [0.29, 0.717) is 5.92 Å². The summed E-state index contributed by atoms with van der Waals surface area (Å²) in [6, 6.07) is -0.189. The molecule has 4 heteroatoms. The third-order valence-corrected chi connectivity index (χ3v) is 2.89. The van der Waals surface area contributed by atoms with E-state index in [2.05, 4.69) is 5.32 Å². The van der Waals surface area contributed by atoms with Crippen LogP contribution in [0.4, 0.5) is 0 Å². The Morgan fingerprint density at radius 2 is 2.00 bits per heavy atom. The van der Waals surface area contributed by atoms with Gasteiger partial charge in [-0.25, -0.2) is 0 Å². The van der Waals surface area contributed by atoms with Gasteiger partial charge in [0.2, 0.25) is 5.78 Å². The van der Waals surface area contributed by atoms with Crippen molar-refractivity contribution in [1.29, 1.82) is 0 Å². The molecule has 86 valence electrons. The van der Waals surface area contributed by atoms with Crippen molar-refractivity contribution in [1.82, 2.24) is 5.32 Å². The molecule has 3 N–H and O–H groups in total. The zero-order chi connectivity index (χ0) is 11.4. The van der Waals surface area contributed by atoms with Crippen molar-refractivity contribution in [3.8, 4) is 0 Å². The molecule has 1 unspecified atom stereocenters. The molecule has 0 bridgehead atoms. The van der Waals surface area contributed by atoms with Crippen LogP contribution in [0.3, 0.4) is 0 Å². The SMILES string of the molecule is CC(C)NC(CC1CCC1)C(=O)C(N)=O. The molecule has 1 saturated carbocycles. The lowest BCUT2D eigenvalue weighted by Crippen LogP contribution is -2.47. The number of carbonyl (C=O) groups is 2. The van der Waals surface area contributed by atoms with Gasteiger partial charge in [-0.05, 0) is 12.3 Å². The molecule has 4 nitrogen and oxygen atoms in total. The number of Topliss-reactive ketones (excluding diaryl/α,β-unsaturated/α-hetero) is 1. The Balaban J connectivity index is 2.50. The van der Waals surface area contributed by atoms with Crippen LogP contribution in [0.15, 0.2) is 0 Å². The first-order valence-corrected chi connectivity index (χ1v) is 5.60. The van der Waals surface area contributed by atoms with E-state index in [4.69, 9.17) is 5.73 Å². The summed E-state index contributed by atoms with van der Waals surface area (Å²) in [4.78, 5) is 22.4. The van der Waals surface area contributed by atoms with Gasteiger partial charge in [0.05, 0.1) is 6.04 Å². The molecule has 0 radical (unpaired) electrons. The molecule has 15 heavy (non-hydrogen) atoms. The number of hydrogen-bond acceptors (Lipinski definition) is 3. The van der Waals surface area contributed by atoms with Gasteiger partial charge in [0.1, 0.15) is 0 Å². The normalized spacial score (nSPS) is 18.6. The van der Waals surface area contributed by atoms with Gasteiger partial charge >= 0.3 is 0 Å². The molecule has 1 amide bonds. The average molecular weight is 212 g/mol. The van der Waals surface area contributed by atoms with E-state index in [1.54, 1.807) is 0 Å². The summed E-state index contributed by atoms with van der Waals surface area (Å²) in [5.41, 5.74) is 5.02. The van der Waals surface area contributed by atoms with Crippen molar-refractivity contribution >= 4 is 11.7 Å². The first-order valence-electron chi connectivity index (χ1n) is 5.60. The average Bonchev–Trinajstić information content (AvgIpc) is 2.07. The van der Waals surface area contributed by atoms with Gasteiger partial charge in [0.25, 0.3) is 5.91 Å². The first-order chi connectivity index (χ1) is 7.00. The second-order valence-corrected chi connectivity index (χ2v) is 4.64. The minimum absolute atomic E-state index is 0.193. The van der Waals surface area contributed by atoms with Crippen LogP contribution in [-0.2, 0) is 9.59 Å². The third-order valence-electron chi connectivity index (χ3n) is 2.89. The number of nitrogens with one attached hydrogen (secondary N) is 1. The highest BCUT2D eigenvalue weighted by Crippen LogP contribution is 2.30. The molecule has 1 aliphatic rings. The summed E-state index contributed by atoms with van der Waals surface area (Å²) in [5.74, 6) is -0.715. The van der Waals surface area contributed by atoms with Gasteiger partial charge in [0, 0.05) is 6.04 Å². The first kappa shape index (κ1) is 12.2. The van der Waals surface area contributed by atoms with Crippen molar-refractivity contribution in [2.75, 3.05) is 0 Å². The number of ketones is 1. The lowest BCUT2D eigenvalue weighted by atomic mass is 9.80. The Morgan fingerprint density at radius 1 is 1.40 bits per heavy atom. The molecule has 0 heterocycles. The molecular weight excluding hydrogens is 192 g/mol. The van der Waals surface area contributed by atoms with Crippen LogP contribution in [0.2, 0.25) is 0 Å². The molecule has 0 aromatic rings. The zero-order valence-corrected chi connectivity index (χ0v) is 9.45. The largest absolute Gasteiger partial charge is 0.363 e. The quantitative estimate of drug-likeness (QED) is 0.633. The van der Waals surface area contributed by atoms with Crippen molar-refractivity contribution < 1.29 is 9.59 Å². The maximum absolute atomic E-state index is 11.5. The van der Waals surface area contributed by atoms with Crippen molar-refractivity contribution in [3.63, 3.8) is 0 Å².